The SMILES string of the molecule is OCC1CCN(c2ccc(CNc3cccc(F)n3)cc2)CC1. The first kappa shape index (κ1) is 15.7. The molecule has 122 valence electrons. The zero-order valence-electron chi connectivity index (χ0n) is 13.1. The first-order chi connectivity index (χ1) is 11.2. The standard InChI is InChI=1S/C18H22FN3O/c19-17-2-1-3-18(21-17)20-12-14-4-6-16(7-5-14)22-10-8-15(13-23)9-11-22/h1-7,15,23H,8-13H2,(H,20,21). The van der Waals surface area contributed by atoms with Crippen LogP contribution in [0.1, 0.15) is 18.4 Å². The van der Waals surface area contributed by atoms with Crippen molar-refractivity contribution in [1.29, 1.82) is 0 Å². The third-order valence-electron chi connectivity index (χ3n) is 4.36. The molecule has 0 radical (unpaired) electrons. The van der Waals surface area contributed by atoms with E-state index < -0.39 is 5.95 Å². The molecule has 23 heavy (non-hydrogen) atoms. The number of aliphatic hydroxyl groups excluding tert-OH is 1. The van der Waals surface area contributed by atoms with E-state index in [4.69, 9.17) is 0 Å². The highest BCUT2D eigenvalue weighted by molar-refractivity contribution is 5.48. The molecule has 1 fully saturated rings. The Morgan fingerprint density at radius 2 is 1.87 bits per heavy atom. The second-order valence-electron chi connectivity index (χ2n) is 5.98. The minimum atomic E-state index is -0.475. The lowest BCUT2D eigenvalue weighted by molar-refractivity contribution is 0.203. The Labute approximate surface area is 136 Å². The second-order valence-corrected chi connectivity index (χ2v) is 5.98. The molecule has 5 heteroatoms. The predicted molar refractivity (Wildman–Crippen MR) is 90.0 cm³/mol. The summed E-state index contributed by atoms with van der Waals surface area (Å²) in [6.07, 6.45) is 2.09. The number of halogens is 1. The number of hydrogen-bond donors (Lipinski definition) is 2. The van der Waals surface area contributed by atoms with Crippen molar-refractivity contribution in [3.8, 4) is 0 Å². The van der Waals surface area contributed by atoms with Crippen molar-refractivity contribution in [2.75, 3.05) is 29.9 Å². The Morgan fingerprint density at radius 3 is 2.52 bits per heavy atom. The van der Waals surface area contributed by atoms with Gasteiger partial charge in [-0.15, -0.1) is 0 Å². The number of hydrogen-bond acceptors (Lipinski definition) is 4. The average Bonchev–Trinajstić information content (AvgIpc) is 2.61. The highest BCUT2D eigenvalue weighted by Crippen LogP contribution is 2.23. The number of rotatable bonds is 5. The van der Waals surface area contributed by atoms with Gasteiger partial charge in [-0.25, -0.2) is 4.98 Å². The maximum Gasteiger partial charge on any atom is 0.214 e. The molecule has 1 aliphatic rings. The van der Waals surface area contributed by atoms with Crippen LogP contribution >= 0.6 is 0 Å². The van der Waals surface area contributed by atoms with Crippen LogP contribution in [0.15, 0.2) is 42.5 Å². The lowest BCUT2D eigenvalue weighted by Gasteiger charge is -2.33. The van der Waals surface area contributed by atoms with Gasteiger partial charge in [-0.05, 0) is 48.6 Å². The number of anilines is 2. The number of aliphatic hydroxyl groups is 1. The number of piperidine rings is 1. The van der Waals surface area contributed by atoms with E-state index in [1.165, 1.54) is 11.8 Å². The molecule has 0 amide bonds. The van der Waals surface area contributed by atoms with Crippen molar-refractivity contribution in [2.45, 2.75) is 19.4 Å². The van der Waals surface area contributed by atoms with Crippen molar-refractivity contribution in [3.63, 3.8) is 0 Å². The van der Waals surface area contributed by atoms with Crippen LogP contribution in [0.5, 0.6) is 0 Å². The van der Waals surface area contributed by atoms with E-state index in [9.17, 15) is 9.50 Å². The molecule has 1 saturated heterocycles. The molecule has 3 rings (SSSR count). The fraction of sp³-hybridized carbons (Fsp3) is 0.389. The molecule has 2 N–H and O–H groups in total. The van der Waals surface area contributed by atoms with Crippen molar-refractivity contribution in [1.82, 2.24) is 4.98 Å². The van der Waals surface area contributed by atoms with Crippen LogP contribution in [0.4, 0.5) is 15.9 Å². The number of pyridine rings is 1. The molecule has 0 atom stereocenters. The zero-order chi connectivity index (χ0) is 16.1. The van der Waals surface area contributed by atoms with Crippen LogP contribution in [-0.2, 0) is 6.54 Å². The van der Waals surface area contributed by atoms with E-state index in [1.54, 1.807) is 12.1 Å². The largest absolute Gasteiger partial charge is 0.396 e. The maximum atomic E-state index is 13.0. The Balaban J connectivity index is 1.55. The van der Waals surface area contributed by atoms with Gasteiger partial charge >= 0.3 is 0 Å². The molecule has 0 aliphatic carbocycles. The van der Waals surface area contributed by atoms with Gasteiger partial charge in [0.25, 0.3) is 0 Å². The van der Waals surface area contributed by atoms with E-state index in [2.05, 4.69) is 39.5 Å². The normalized spacial score (nSPS) is 15.7. The van der Waals surface area contributed by atoms with Gasteiger partial charge in [0, 0.05) is 31.9 Å². The van der Waals surface area contributed by atoms with Gasteiger partial charge in [-0.3, -0.25) is 0 Å². The molecule has 0 saturated carbocycles. The van der Waals surface area contributed by atoms with Gasteiger partial charge in [0.05, 0.1) is 0 Å². The zero-order valence-corrected chi connectivity index (χ0v) is 13.1. The lowest BCUT2D eigenvalue weighted by atomic mass is 9.97. The van der Waals surface area contributed by atoms with E-state index >= 15 is 0 Å². The summed E-state index contributed by atoms with van der Waals surface area (Å²) < 4.78 is 13.0. The van der Waals surface area contributed by atoms with Crippen molar-refractivity contribution < 1.29 is 9.50 Å². The highest BCUT2D eigenvalue weighted by atomic mass is 19.1. The summed E-state index contributed by atoms with van der Waals surface area (Å²) >= 11 is 0. The molecule has 1 aromatic heterocycles. The van der Waals surface area contributed by atoms with Crippen LogP contribution in [0.25, 0.3) is 0 Å². The Hall–Kier alpha value is -2.14. The van der Waals surface area contributed by atoms with Gasteiger partial charge in [-0.2, -0.15) is 4.39 Å². The van der Waals surface area contributed by atoms with Crippen LogP contribution in [0, 0.1) is 11.9 Å². The van der Waals surface area contributed by atoms with Crippen LogP contribution in [-0.4, -0.2) is 29.8 Å². The van der Waals surface area contributed by atoms with Gasteiger partial charge in [0.1, 0.15) is 5.82 Å². The number of aromatic nitrogens is 1. The summed E-state index contributed by atoms with van der Waals surface area (Å²) in [5.41, 5.74) is 2.35. The van der Waals surface area contributed by atoms with Crippen LogP contribution in [0.3, 0.4) is 0 Å². The third kappa shape index (κ3) is 4.20. The number of nitrogens with zero attached hydrogens (tertiary/aromatic N) is 2. The second kappa shape index (κ2) is 7.42. The summed E-state index contributed by atoms with van der Waals surface area (Å²) in [7, 11) is 0. The molecule has 2 aromatic rings. The Morgan fingerprint density at radius 1 is 1.13 bits per heavy atom. The molecular weight excluding hydrogens is 293 g/mol. The monoisotopic (exact) mass is 315 g/mol. The predicted octanol–water partition coefficient (Wildman–Crippen LogP) is 3.04. The highest BCUT2D eigenvalue weighted by Gasteiger charge is 2.18. The average molecular weight is 315 g/mol. The molecule has 0 unspecified atom stereocenters. The molecule has 1 aromatic carbocycles. The Bertz CT molecular complexity index is 624. The Kier molecular flexibility index (Phi) is 5.08. The van der Waals surface area contributed by atoms with Crippen molar-refractivity contribution in [2.24, 2.45) is 5.92 Å². The molecule has 4 nitrogen and oxygen atoms in total. The van der Waals surface area contributed by atoms with E-state index in [1.807, 2.05) is 0 Å². The fourth-order valence-corrected chi connectivity index (χ4v) is 2.90. The van der Waals surface area contributed by atoms with Crippen LogP contribution < -0.4 is 10.2 Å². The van der Waals surface area contributed by atoms with E-state index in [-0.39, 0.29) is 0 Å². The lowest BCUT2D eigenvalue weighted by Crippen LogP contribution is -2.34. The van der Waals surface area contributed by atoms with E-state index in [0.717, 1.165) is 31.5 Å². The number of nitrogens with one attached hydrogen (secondary N) is 1. The van der Waals surface area contributed by atoms with Crippen molar-refractivity contribution >= 4 is 11.5 Å². The summed E-state index contributed by atoms with van der Waals surface area (Å²) in [4.78, 5) is 6.15. The topological polar surface area (TPSA) is 48.4 Å². The summed E-state index contributed by atoms with van der Waals surface area (Å²) in [5, 5.41) is 12.3. The van der Waals surface area contributed by atoms with Crippen LogP contribution in [0.2, 0.25) is 0 Å². The maximum absolute atomic E-state index is 13.0. The summed E-state index contributed by atoms with van der Waals surface area (Å²) in [6.45, 7) is 2.90. The fourth-order valence-electron chi connectivity index (χ4n) is 2.90. The first-order valence-corrected chi connectivity index (χ1v) is 8.06. The van der Waals surface area contributed by atoms with E-state index in [0.29, 0.717) is 24.9 Å². The summed E-state index contributed by atoms with van der Waals surface area (Å²) in [6, 6.07) is 13.1. The summed E-state index contributed by atoms with van der Waals surface area (Å²) in [5.74, 6) is 0.519. The number of benzene rings is 1. The molecule has 2 heterocycles. The minimum Gasteiger partial charge on any atom is -0.396 e. The van der Waals surface area contributed by atoms with Gasteiger partial charge in [0.2, 0.25) is 5.95 Å². The molecular formula is C18H22FN3O. The van der Waals surface area contributed by atoms with Gasteiger partial charge < -0.3 is 15.3 Å². The quantitative estimate of drug-likeness (QED) is 0.833. The minimum absolute atomic E-state index is 0.298. The third-order valence-corrected chi connectivity index (χ3v) is 4.36. The molecule has 0 bridgehead atoms. The first-order valence-electron chi connectivity index (χ1n) is 8.06. The smallest absolute Gasteiger partial charge is 0.214 e. The molecule has 1 aliphatic heterocycles. The molecule has 0 spiro atoms. The van der Waals surface area contributed by atoms with Crippen molar-refractivity contribution in [3.05, 3.63) is 54.0 Å². The van der Waals surface area contributed by atoms with Gasteiger partial charge in [-0.1, -0.05) is 18.2 Å². The van der Waals surface area contributed by atoms with Gasteiger partial charge in [0.15, 0.2) is 0 Å².